The van der Waals surface area contributed by atoms with Gasteiger partial charge in [-0.05, 0) is 30.4 Å². The molecule has 1 saturated heterocycles. The summed E-state index contributed by atoms with van der Waals surface area (Å²) in [6.45, 7) is 5.19. The first kappa shape index (κ1) is 14.4. The molecule has 19 heavy (non-hydrogen) atoms. The van der Waals surface area contributed by atoms with Crippen molar-refractivity contribution in [3.8, 4) is 0 Å². The molecule has 0 bridgehead atoms. The number of amides is 1. The lowest BCUT2D eigenvalue weighted by atomic mass is 9.84. The largest absolute Gasteiger partial charge is 0.338 e. The molecule has 1 fully saturated rings. The molecular weight excluding hydrogens is 316 g/mol. The summed E-state index contributed by atoms with van der Waals surface area (Å²) in [6.07, 6.45) is 1.88. The molecule has 2 nitrogen and oxygen atoms in total. The number of hydrogen-bond acceptors (Lipinski definition) is 1. The van der Waals surface area contributed by atoms with Crippen LogP contribution in [0.1, 0.15) is 37.0 Å². The van der Waals surface area contributed by atoms with E-state index in [-0.39, 0.29) is 9.89 Å². The quantitative estimate of drug-likeness (QED) is 0.761. The molecule has 1 amide bonds. The van der Waals surface area contributed by atoms with Crippen molar-refractivity contribution >= 4 is 21.8 Å². The summed E-state index contributed by atoms with van der Waals surface area (Å²) in [6, 6.07) is 2.23. The normalized spacial score (nSPS) is 18.5. The Morgan fingerprint density at radius 3 is 2.42 bits per heavy atom. The van der Waals surface area contributed by atoms with Crippen LogP contribution in [0.25, 0.3) is 0 Å². The Morgan fingerprint density at radius 2 is 1.89 bits per heavy atom. The molecule has 104 valence electrons. The highest BCUT2D eigenvalue weighted by Crippen LogP contribution is 2.30. The Morgan fingerprint density at radius 1 is 1.32 bits per heavy atom. The van der Waals surface area contributed by atoms with E-state index in [0.29, 0.717) is 13.1 Å². The number of carbonyl (C=O) groups excluding carboxylic acids is 1. The lowest BCUT2D eigenvalue weighted by Gasteiger charge is -2.38. The molecular formula is C14H16BrF2NO. The van der Waals surface area contributed by atoms with Gasteiger partial charge >= 0.3 is 0 Å². The van der Waals surface area contributed by atoms with Crippen LogP contribution in [0.15, 0.2) is 16.6 Å². The van der Waals surface area contributed by atoms with Crippen LogP contribution in [0, 0.1) is 17.0 Å². The van der Waals surface area contributed by atoms with Gasteiger partial charge in [-0.2, -0.15) is 0 Å². The van der Waals surface area contributed by atoms with Gasteiger partial charge in [-0.25, -0.2) is 8.78 Å². The Hall–Kier alpha value is -0.970. The van der Waals surface area contributed by atoms with E-state index in [4.69, 9.17) is 0 Å². The smallest absolute Gasteiger partial charge is 0.259 e. The van der Waals surface area contributed by atoms with E-state index in [1.807, 2.05) is 0 Å². The molecule has 0 atom stereocenters. The molecule has 0 spiro atoms. The van der Waals surface area contributed by atoms with Gasteiger partial charge in [0.25, 0.3) is 5.91 Å². The Kier molecular flexibility index (Phi) is 3.95. The summed E-state index contributed by atoms with van der Waals surface area (Å²) in [5, 5.41) is 0. The summed E-state index contributed by atoms with van der Waals surface area (Å²) in [4.78, 5) is 13.8. The summed E-state index contributed by atoms with van der Waals surface area (Å²) in [5.74, 6) is -2.20. The van der Waals surface area contributed by atoms with Crippen LogP contribution in [0.4, 0.5) is 8.78 Å². The highest BCUT2D eigenvalue weighted by atomic mass is 79.9. The maximum Gasteiger partial charge on any atom is 0.259 e. The van der Waals surface area contributed by atoms with E-state index in [0.717, 1.165) is 25.0 Å². The molecule has 0 radical (unpaired) electrons. The molecule has 0 aliphatic carbocycles. The number of likely N-dealkylation sites (tertiary alicyclic amines) is 1. The zero-order valence-electron chi connectivity index (χ0n) is 11.0. The maximum absolute atomic E-state index is 13.8. The second-order valence-electron chi connectivity index (χ2n) is 5.74. The fourth-order valence-electron chi connectivity index (χ4n) is 2.50. The van der Waals surface area contributed by atoms with E-state index < -0.39 is 23.1 Å². The van der Waals surface area contributed by atoms with Crippen LogP contribution < -0.4 is 0 Å². The zero-order chi connectivity index (χ0) is 14.2. The second-order valence-corrected chi connectivity index (χ2v) is 6.65. The minimum Gasteiger partial charge on any atom is -0.338 e. The van der Waals surface area contributed by atoms with E-state index in [1.165, 1.54) is 0 Å². The van der Waals surface area contributed by atoms with Gasteiger partial charge in [0, 0.05) is 17.6 Å². The van der Waals surface area contributed by atoms with Crippen LogP contribution >= 0.6 is 15.9 Å². The third-order valence-electron chi connectivity index (χ3n) is 3.41. The first-order valence-corrected chi connectivity index (χ1v) is 7.03. The van der Waals surface area contributed by atoms with Crippen molar-refractivity contribution in [2.75, 3.05) is 13.1 Å². The predicted octanol–water partition coefficient (Wildman–Crippen LogP) is 3.99. The lowest BCUT2D eigenvalue weighted by Crippen LogP contribution is -2.44. The molecule has 0 unspecified atom stereocenters. The van der Waals surface area contributed by atoms with Gasteiger partial charge in [0.1, 0.15) is 17.2 Å². The zero-order valence-corrected chi connectivity index (χ0v) is 12.6. The van der Waals surface area contributed by atoms with E-state index in [1.54, 1.807) is 4.90 Å². The lowest BCUT2D eigenvalue weighted by molar-refractivity contribution is 0.0574. The van der Waals surface area contributed by atoms with Gasteiger partial charge < -0.3 is 4.90 Å². The van der Waals surface area contributed by atoms with Crippen molar-refractivity contribution in [3.63, 3.8) is 0 Å². The van der Waals surface area contributed by atoms with Crippen molar-refractivity contribution < 1.29 is 13.6 Å². The van der Waals surface area contributed by atoms with Crippen molar-refractivity contribution in [3.05, 3.63) is 33.8 Å². The number of hydrogen-bond donors (Lipinski definition) is 0. The number of nitrogens with zero attached hydrogens (tertiary/aromatic N) is 1. The molecule has 1 aromatic carbocycles. The molecule has 0 saturated carbocycles. The maximum atomic E-state index is 13.8. The van der Waals surface area contributed by atoms with Crippen molar-refractivity contribution in [1.29, 1.82) is 0 Å². The molecule has 0 N–H and O–H groups in total. The fraction of sp³-hybridized carbons (Fsp3) is 0.500. The van der Waals surface area contributed by atoms with Gasteiger partial charge in [-0.3, -0.25) is 4.79 Å². The van der Waals surface area contributed by atoms with Crippen molar-refractivity contribution in [2.24, 2.45) is 5.41 Å². The van der Waals surface area contributed by atoms with Gasteiger partial charge in [0.2, 0.25) is 0 Å². The number of carbonyl (C=O) groups is 1. The summed E-state index contributed by atoms with van der Waals surface area (Å²) < 4.78 is 27.9. The molecule has 1 aliphatic heterocycles. The Bertz CT molecular complexity index is 493. The molecule has 1 aliphatic rings. The summed E-state index contributed by atoms with van der Waals surface area (Å²) in [7, 11) is 0. The SMILES string of the molecule is CC1(C)CCCN(C(=O)c2c(F)cc(Br)cc2F)C1. The highest BCUT2D eigenvalue weighted by Gasteiger charge is 2.32. The Labute approximate surface area is 119 Å². The van der Waals surface area contributed by atoms with Crippen LogP contribution in [-0.4, -0.2) is 23.9 Å². The average Bonchev–Trinajstić information content (AvgIpc) is 2.25. The number of rotatable bonds is 1. The first-order valence-electron chi connectivity index (χ1n) is 6.24. The third-order valence-corrected chi connectivity index (χ3v) is 3.87. The van der Waals surface area contributed by atoms with Gasteiger partial charge in [0.15, 0.2) is 0 Å². The third kappa shape index (κ3) is 3.14. The number of piperidine rings is 1. The van der Waals surface area contributed by atoms with Crippen LogP contribution in [0.2, 0.25) is 0 Å². The topological polar surface area (TPSA) is 20.3 Å². The van der Waals surface area contributed by atoms with E-state index in [9.17, 15) is 13.6 Å². The van der Waals surface area contributed by atoms with Gasteiger partial charge in [-0.15, -0.1) is 0 Å². The standard InChI is InChI=1S/C14H16BrF2NO/c1-14(2)4-3-5-18(8-14)13(19)12-10(16)6-9(15)7-11(12)17/h6-7H,3-5,8H2,1-2H3. The molecule has 5 heteroatoms. The van der Waals surface area contributed by atoms with Crippen LogP contribution in [0.5, 0.6) is 0 Å². The van der Waals surface area contributed by atoms with Crippen molar-refractivity contribution in [2.45, 2.75) is 26.7 Å². The molecule has 0 aromatic heterocycles. The fourth-order valence-corrected chi connectivity index (χ4v) is 2.90. The first-order chi connectivity index (χ1) is 8.80. The van der Waals surface area contributed by atoms with Crippen molar-refractivity contribution in [1.82, 2.24) is 4.90 Å². The average molecular weight is 332 g/mol. The summed E-state index contributed by atoms with van der Waals surface area (Å²) >= 11 is 3.01. The van der Waals surface area contributed by atoms with Crippen LogP contribution in [0.3, 0.4) is 0 Å². The molecule has 1 aromatic rings. The number of halogens is 3. The Balaban J connectivity index is 2.30. The minimum absolute atomic E-state index is 0.00374. The molecule has 2 rings (SSSR count). The number of benzene rings is 1. The predicted molar refractivity (Wildman–Crippen MR) is 73.0 cm³/mol. The summed E-state index contributed by atoms with van der Waals surface area (Å²) in [5.41, 5.74) is -0.461. The van der Waals surface area contributed by atoms with Crippen LogP contribution in [-0.2, 0) is 0 Å². The van der Waals surface area contributed by atoms with E-state index in [2.05, 4.69) is 29.8 Å². The van der Waals surface area contributed by atoms with E-state index >= 15 is 0 Å². The molecule has 1 heterocycles. The highest BCUT2D eigenvalue weighted by molar-refractivity contribution is 9.10. The van der Waals surface area contributed by atoms with Gasteiger partial charge in [-0.1, -0.05) is 29.8 Å². The van der Waals surface area contributed by atoms with Gasteiger partial charge in [0.05, 0.1) is 0 Å². The second kappa shape index (κ2) is 5.19. The monoisotopic (exact) mass is 331 g/mol. The minimum atomic E-state index is -0.819.